The van der Waals surface area contributed by atoms with Gasteiger partial charge in [-0.1, -0.05) is 26.7 Å². The molecule has 1 atom stereocenters. The minimum atomic E-state index is 0.356. The minimum absolute atomic E-state index is 0.356. The quantitative estimate of drug-likeness (QED) is 0.592. The van der Waals surface area contributed by atoms with E-state index in [2.05, 4.69) is 20.8 Å². The van der Waals surface area contributed by atoms with Crippen LogP contribution < -0.4 is 11.5 Å². The van der Waals surface area contributed by atoms with E-state index in [0.29, 0.717) is 11.5 Å². The lowest BCUT2D eigenvalue weighted by Gasteiger charge is -2.24. The molecule has 0 bridgehead atoms. The largest absolute Gasteiger partial charge is 0.330 e. The van der Waals surface area contributed by atoms with Gasteiger partial charge in [-0.25, -0.2) is 0 Å². The Morgan fingerprint density at radius 1 is 1.07 bits per heavy atom. The molecule has 0 rings (SSSR count). The summed E-state index contributed by atoms with van der Waals surface area (Å²) in [6, 6.07) is 0.356. The summed E-state index contributed by atoms with van der Waals surface area (Å²) in [5.41, 5.74) is 11.7. The fraction of sp³-hybridized carbons (Fsp3) is 1.00. The van der Waals surface area contributed by atoms with Gasteiger partial charge in [0.25, 0.3) is 0 Å². The molecule has 1 unspecified atom stereocenters. The molecule has 0 heterocycles. The molecular formula is C12H28N2. The van der Waals surface area contributed by atoms with Crippen LogP contribution in [-0.4, -0.2) is 12.6 Å². The van der Waals surface area contributed by atoms with E-state index in [9.17, 15) is 0 Å². The Morgan fingerprint density at radius 3 is 2.14 bits per heavy atom. The Hall–Kier alpha value is -0.0800. The second-order valence-corrected chi connectivity index (χ2v) is 5.28. The number of unbranched alkanes of at least 4 members (excludes halogenated alkanes) is 1. The number of hydrogen-bond donors (Lipinski definition) is 2. The van der Waals surface area contributed by atoms with Crippen molar-refractivity contribution in [2.75, 3.05) is 6.54 Å². The van der Waals surface area contributed by atoms with Crippen LogP contribution in [0, 0.1) is 5.41 Å². The van der Waals surface area contributed by atoms with E-state index < -0.39 is 0 Å². The molecule has 2 heteroatoms. The van der Waals surface area contributed by atoms with Crippen LogP contribution in [0.4, 0.5) is 0 Å². The summed E-state index contributed by atoms with van der Waals surface area (Å²) >= 11 is 0. The number of nitrogens with two attached hydrogens (primary N) is 2. The molecule has 0 saturated carbocycles. The normalized spacial score (nSPS) is 14.4. The summed E-state index contributed by atoms with van der Waals surface area (Å²) in [5, 5.41) is 0. The molecule has 14 heavy (non-hydrogen) atoms. The molecule has 2 nitrogen and oxygen atoms in total. The van der Waals surface area contributed by atoms with E-state index in [-0.39, 0.29) is 0 Å². The third-order valence-corrected chi connectivity index (χ3v) is 2.82. The van der Waals surface area contributed by atoms with Gasteiger partial charge in [-0.2, -0.15) is 0 Å². The van der Waals surface area contributed by atoms with E-state index in [1.165, 1.54) is 25.7 Å². The number of hydrogen-bond acceptors (Lipinski definition) is 2. The highest BCUT2D eigenvalue weighted by Crippen LogP contribution is 2.29. The van der Waals surface area contributed by atoms with Gasteiger partial charge in [0.2, 0.25) is 0 Å². The van der Waals surface area contributed by atoms with Crippen molar-refractivity contribution >= 4 is 0 Å². The average Bonchev–Trinajstić information content (AvgIpc) is 2.03. The van der Waals surface area contributed by atoms with Crippen LogP contribution in [0.15, 0.2) is 0 Å². The maximum absolute atomic E-state index is 5.73. The first kappa shape index (κ1) is 13.9. The van der Waals surface area contributed by atoms with Gasteiger partial charge in [0.15, 0.2) is 0 Å². The Morgan fingerprint density at radius 2 is 1.64 bits per heavy atom. The SMILES string of the molecule is CC(N)CCCC(C)(C)CCCCN. The highest BCUT2D eigenvalue weighted by Gasteiger charge is 2.16. The Bertz CT molecular complexity index is 130. The van der Waals surface area contributed by atoms with Crippen molar-refractivity contribution < 1.29 is 0 Å². The fourth-order valence-corrected chi connectivity index (χ4v) is 1.78. The van der Waals surface area contributed by atoms with Crippen molar-refractivity contribution in [2.24, 2.45) is 16.9 Å². The van der Waals surface area contributed by atoms with Gasteiger partial charge in [0.1, 0.15) is 0 Å². The number of rotatable bonds is 8. The van der Waals surface area contributed by atoms with Crippen molar-refractivity contribution in [1.82, 2.24) is 0 Å². The molecule has 0 aromatic carbocycles. The summed E-state index contributed by atoms with van der Waals surface area (Å²) in [6.45, 7) is 7.62. The highest BCUT2D eigenvalue weighted by molar-refractivity contribution is 4.69. The second-order valence-electron chi connectivity index (χ2n) is 5.28. The molecule has 0 aromatic rings. The molecule has 0 radical (unpaired) electrons. The van der Waals surface area contributed by atoms with Crippen LogP contribution in [-0.2, 0) is 0 Å². The molecule has 0 aliphatic heterocycles. The summed E-state index contributed by atoms with van der Waals surface area (Å²) in [7, 11) is 0. The molecule has 0 amide bonds. The summed E-state index contributed by atoms with van der Waals surface area (Å²) in [6.07, 6.45) is 7.42. The van der Waals surface area contributed by atoms with Gasteiger partial charge in [0.05, 0.1) is 0 Å². The van der Waals surface area contributed by atoms with E-state index in [1.807, 2.05) is 0 Å². The van der Waals surface area contributed by atoms with Gasteiger partial charge < -0.3 is 11.5 Å². The van der Waals surface area contributed by atoms with Crippen LogP contribution in [0.1, 0.15) is 59.3 Å². The summed E-state index contributed by atoms with van der Waals surface area (Å²) in [5.74, 6) is 0. The van der Waals surface area contributed by atoms with Gasteiger partial charge in [-0.3, -0.25) is 0 Å². The molecule has 4 N–H and O–H groups in total. The summed E-state index contributed by atoms with van der Waals surface area (Å²) < 4.78 is 0. The van der Waals surface area contributed by atoms with Gasteiger partial charge in [-0.15, -0.1) is 0 Å². The molecule has 0 aromatic heterocycles. The Kier molecular flexibility index (Phi) is 7.20. The monoisotopic (exact) mass is 200 g/mol. The molecule has 0 saturated heterocycles. The van der Waals surface area contributed by atoms with Crippen molar-refractivity contribution in [3.8, 4) is 0 Å². The molecular weight excluding hydrogens is 172 g/mol. The van der Waals surface area contributed by atoms with Gasteiger partial charge in [0, 0.05) is 6.04 Å². The minimum Gasteiger partial charge on any atom is -0.330 e. The topological polar surface area (TPSA) is 52.0 Å². The smallest absolute Gasteiger partial charge is 0.00104 e. The highest BCUT2D eigenvalue weighted by atomic mass is 14.6. The van der Waals surface area contributed by atoms with Crippen LogP contribution in [0.25, 0.3) is 0 Å². The van der Waals surface area contributed by atoms with Crippen LogP contribution in [0.3, 0.4) is 0 Å². The lowest BCUT2D eigenvalue weighted by Crippen LogP contribution is -2.17. The fourth-order valence-electron chi connectivity index (χ4n) is 1.78. The van der Waals surface area contributed by atoms with E-state index in [1.54, 1.807) is 0 Å². The van der Waals surface area contributed by atoms with Crippen LogP contribution in [0.2, 0.25) is 0 Å². The molecule has 0 fully saturated rings. The van der Waals surface area contributed by atoms with Crippen LogP contribution >= 0.6 is 0 Å². The first-order chi connectivity index (χ1) is 6.48. The van der Waals surface area contributed by atoms with Gasteiger partial charge >= 0.3 is 0 Å². The maximum Gasteiger partial charge on any atom is 0.00104 e. The van der Waals surface area contributed by atoms with Crippen molar-refractivity contribution in [3.05, 3.63) is 0 Å². The predicted molar refractivity (Wildman–Crippen MR) is 64.2 cm³/mol. The van der Waals surface area contributed by atoms with Gasteiger partial charge in [-0.05, 0) is 44.6 Å². The molecule has 86 valence electrons. The Labute approximate surface area is 89.4 Å². The van der Waals surface area contributed by atoms with Crippen molar-refractivity contribution in [3.63, 3.8) is 0 Å². The molecule has 0 aliphatic carbocycles. The van der Waals surface area contributed by atoms with E-state index >= 15 is 0 Å². The zero-order valence-electron chi connectivity index (χ0n) is 10.2. The molecule has 0 spiro atoms. The standard InChI is InChI=1S/C12H28N2/c1-11(14)7-6-9-12(2,3)8-4-5-10-13/h11H,4-10,13-14H2,1-3H3. The zero-order valence-corrected chi connectivity index (χ0v) is 10.2. The first-order valence-corrected chi connectivity index (χ1v) is 5.93. The Balaban J connectivity index is 3.50. The maximum atomic E-state index is 5.73. The van der Waals surface area contributed by atoms with Crippen molar-refractivity contribution in [2.45, 2.75) is 65.3 Å². The third-order valence-electron chi connectivity index (χ3n) is 2.82. The van der Waals surface area contributed by atoms with Crippen molar-refractivity contribution in [1.29, 1.82) is 0 Å². The second kappa shape index (κ2) is 7.24. The van der Waals surface area contributed by atoms with Crippen LogP contribution in [0.5, 0.6) is 0 Å². The third kappa shape index (κ3) is 8.52. The zero-order chi connectivity index (χ0) is 11.0. The predicted octanol–water partition coefficient (Wildman–Crippen LogP) is 2.66. The lowest BCUT2D eigenvalue weighted by molar-refractivity contribution is 0.283. The lowest BCUT2D eigenvalue weighted by atomic mass is 9.82. The first-order valence-electron chi connectivity index (χ1n) is 5.93. The summed E-state index contributed by atoms with van der Waals surface area (Å²) in [4.78, 5) is 0. The van der Waals surface area contributed by atoms with E-state index in [4.69, 9.17) is 11.5 Å². The average molecular weight is 200 g/mol. The molecule has 0 aliphatic rings. The van der Waals surface area contributed by atoms with E-state index in [0.717, 1.165) is 19.4 Å².